The Hall–Kier alpha value is -3.81. The number of nitrogens with zero attached hydrogens (tertiary/aromatic N) is 3. The highest BCUT2D eigenvalue weighted by Gasteiger charge is 2.45. The van der Waals surface area contributed by atoms with E-state index in [-0.39, 0.29) is 28.1 Å². The fraction of sp³-hybridized carbons (Fsp3) is 0.100. The first-order valence-electron chi connectivity index (χ1n) is 8.48. The highest BCUT2D eigenvalue weighted by atomic mass is 19.1. The summed E-state index contributed by atoms with van der Waals surface area (Å²) < 4.78 is 24.5. The Labute approximate surface area is 157 Å². The number of carbonyl (C=O) groups excluding carboxylic acids is 1. The third-order valence-corrected chi connectivity index (χ3v) is 4.66. The quantitative estimate of drug-likeness (QED) is 0.532. The van der Waals surface area contributed by atoms with Gasteiger partial charge in [0.25, 0.3) is 5.91 Å². The maximum Gasteiger partial charge on any atom is 0.296 e. The summed E-state index contributed by atoms with van der Waals surface area (Å²) in [5.41, 5.74) is 0.208. The standard InChI is InChI=1S/C20H12FN3O4/c1-10-8-15(23-28-10)24-17(13-4-2-3-7-22-13)16-18(25)12-9-11(21)5-6-14(12)27-19(16)20(24)26/h2-9,17H,1H3/t17-/m1/s1. The van der Waals surface area contributed by atoms with Gasteiger partial charge in [0.1, 0.15) is 23.2 Å². The molecule has 8 heteroatoms. The number of hydrogen-bond acceptors (Lipinski definition) is 6. The largest absolute Gasteiger partial charge is 0.450 e. The van der Waals surface area contributed by atoms with Crippen LogP contribution >= 0.6 is 0 Å². The van der Waals surface area contributed by atoms with Crippen LogP contribution < -0.4 is 10.3 Å². The minimum Gasteiger partial charge on any atom is -0.450 e. The van der Waals surface area contributed by atoms with E-state index in [0.717, 1.165) is 6.07 Å². The maximum absolute atomic E-state index is 13.7. The number of hydrogen-bond donors (Lipinski definition) is 0. The zero-order chi connectivity index (χ0) is 19.4. The van der Waals surface area contributed by atoms with Crippen molar-refractivity contribution in [1.82, 2.24) is 10.1 Å². The van der Waals surface area contributed by atoms with Gasteiger partial charge < -0.3 is 8.94 Å². The number of aryl methyl sites for hydroxylation is 1. The second kappa shape index (κ2) is 5.85. The average molecular weight is 377 g/mol. The molecule has 0 aliphatic carbocycles. The molecule has 0 fully saturated rings. The molecule has 0 saturated carbocycles. The molecule has 7 nitrogen and oxygen atoms in total. The van der Waals surface area contributed by atoms with E-state index in [1.165, 1.54) is 17.0 Å². The molecular weight excluding hydrogens is 365 g/mol. The molecule has 0 spiro atoms. The molecule has 0 N–H and O–H groups in total. The van der Waals surface area contributed by atoms with Crippen LogP contribution in [0.15, 0.2) is 62.4 Å². The predicted octanol–water partition coefficient (Wildman–Crippen LogP) is 3.37. The van der Waals surface area contributed by atoms with Gasteiger partial charge in [-0.25, -0.2) is 4.39 Å². The lowest BCUT2D eigenvalue weighted by Gasteiger charge is -2.21. The summed E-state index contributed by atoms with van der Waals surface area (Å²) in [4.78, 5) is 32.0. The van der Waals surface area contributed by atoms with Gasteiger partial charge in [-0.1, -0.05) is 11.2 Å². The molecule has 1 atom stereocenters. The van der Waals surface area contributed by atoms with E-state index in [9.17, 15) is 14.0 Å². The molecular formula is C20H12FN3O4. The number of anilines is 1. The van der Waals surface area contributed by atoms with E-state index in [4.69, 9.17) is 8.94 Å². The van der Waals surface area contributed by atoms with E-state index in [0.29, 0.717) is 11.5 Å². The van der Waals surface area contributed by atoms with Crippen molar-refractivity contribution in [2.24, 2.45) is 0 Å². The first-order valence-corrected chi connectivity index (χ1v) is 8.48. The van der Waals surface area contributed by atoms with Crippen molar-refractivity contribution >= 4 is 22.7 Å². The first-order chi connectivity index (χ1) is 13.5. The molecule has 1 aliphatic rings. The number of benzene rings is 1. The third-order valence-electron chi connectivity index (χ3n) is 4.66. The van der Waals surface area contributed by atoms with Crippen molar-refractivity contribution in [3.05, 3.63) is 87.5 Å². The van der Waals surface area contributed by atoms with Gasteiger partial charge in [0, 0.05) is 12.3 Å². The van der Waals surface area contributed by atoms with Crippen LogP contribution in [0, 0.1) is 12.7 Å². The Morgan fingerprint density at radius 3 is 2.71 bits per heavy atom. The molecule has 0 saturated heterocycles. The van der Waals surface area contributed by atoms with Crippen molar-refractivity contribution in [3.63, 3.8) is 0 Å². The highest BCUT2D eigenvalue weighted by molar-refractivity contribution is 6.10. The van der Waals surface area contributed by atoms with E-state index in [2.05, 4.69) is 10.1 Å². The minimum absolute atomic E-state index is 0.0608. The van der Waals surface area contributed by atoms with E-state index >= 15 is 0 Å². The van der Waals surface area contributed by atoms with Crippen LogP contribution in [-0.2, 0) is 0 Å². The molecule has 138 valence electrons. The van der Waals surface area contributed by atoms with E-state index in [1.807, 2.05) is 0 Å². The Balaban J connectivity index is 1.84. The van der Waals surface area contributed by atoms with Crippen molar-refractivity contribution in [1.29, 1.82) is 0 Å². The lowest BCUT2D eigenvalue weighted by atomic mass is 10.0. The number of amides is 1. The second-order valence-electron chi connectivity index (χ2n) is 6.44. The van der Waals surface area contributed by atoms with Crippen molar-refractivity contribution in [3.8, 4) is 0 Å². The van der Waals surface area contributed by atoms with Gasteiger partial charge in [-0.15, -0.1) is 0 Å². The zero-order valence-corrected chi connectivity index (χ0v) is 14.5. The summed E-state index contributed by atoms with van der Waals surface area (Å²) in [6.45, 7) is 1.69. The molecule has 1 aromatic carbocycles. The number of aromatic nitrogens is 2. The summed E-state index contributed by atoms with van der Waals surface area (Å²) >= 11 is 0. The van der Waals surface area contributed by atoms with Gasteiger partial charge >= 0.3 is 0 Å². The monoisotopic (exact) mass is 377 g/mol. The SMILES string of the molecule is Cc1cc(N2C(=O)c3oc4ccc(F)cc4c(=O)c3[C@H]2c2ccccn2)no1. The van der Waals surface area contributed by atoms with Crippen LogP contribution in [0.5, 0.6) is 0 Å². The van der Waals surface area contributed by atoms with E-state index in [1.54, 1.807) is 37.4 Å². The minimum atomic E-state index is -0.864. The molecule has 0 bridgehead atoms. The summed E-state index contributed by atoms with van der Waals surface area (Å²) in [5.74, 6) is -0.477. The Morgan fingerprint density at radius 2 is 2.00 bits per heavy atom. The van der Waals surface area contributed by atoms with Crippen LogP contribution in [0.1, 0.15) is 33.6 Å². The predicted molar refractivity (Wildman–Crippen MR) is 96.6 cm³/mol. The van der Waals surface area contributed by atoms with E-state index < -0.39 is 23.2 Å². The Morgan fingerprint density at radius 1 is 1.14 bits per heavy atom. The van der Waals surface area contributed by atoms with Crippen LogP contribution in [0.2, 0.25) is 0 Å². The topological polar surface area (TPSA) is 89.4 Å². The Kier molecular flexibility index (Phi) is 3.42. The van der Waals surface area contributed by atoms with Crippen LogP contribution in [0.25, 0.3) is 11.0 Å². The van der Waals surface area contributed by atoms with Crippen molar-refractivity contribution < 1.29 is 18.1 Å². The fourth-order valence-corrected chi connectivity index (χ4v) is 3.47. The number of pyridine rings is 1. The smallest absolute Gasteiger partial charge is 0.296 e. The molecule has 4 heterocycles. The van der Waals surface area contributed by atoms with Crippen LogP contribution in [0.4, 0.5) is 10.2 Å². The van der Waals surface area contributed by atoms with Gasteiger partial charge in [0.05, 0.1) is 16.6 Å². The Bertz CT molecular complexity index is 1300. The molecule has 0 unspecified atom stereocenters. The second-order valence-corrected chi connectivity index (χ2v) is 6.44. The lowest BCUT2D eigenvalue weighted by Crippen LogP contribution is -2.30. The van der Waals surface area contributed by atoms with Gasteiger partial charge in [-0.05, 0) is 37.3 Å². The summed E-state index contributed by atoms with van der Waals surface area (Å²) in [6, 6.07) is 9.50. The van der Waals surface area contributed by atoms with Gasteiger partial charge in [-0.3, -0.25) is 19.5 Å². The number of carbonyl (C=O) groups is 1. The van der Waals surface area contributed by atoms with Crippen LogP contribution in [-0.4, -0.2) is 16.0 Å². The van der Waals surface area contributed by atoms with Gasteiger partial charge in [0.15, 0.2) is 11.2 Å². The molecule has 28 heavy (non-hydrogen) atoms. The summed E-state index contributed by atoms with van der Waals surface area (Å²) in [6.07, 6.45) is 1.56. The molecule has 3 aromatic heterocycles. The lowest BCUT2D eigenvalue weighted by molar-refractivity contribution is 0.0969. The van der Waals surface area contributed by atoms with Crippen molar-refractivity contribution in [2.75, 3.05) is 4.90 Å². The van der Waals surface area contributed by atoms with Gasteiger partial charge in [0.2, 0.25) is 5.76 Å². The normalized spacial score (nSPS) is 16.0. The fourth-order valence-electron chi connectivity index (χ4n) is 3.47. The molecule has 1 aliphatic heterocycles. The molecule has 0 radical (unpaired) electrons. The molecule has 5 rings (SSSR count). The molecule has 4 aromatic rings. The average Bonchev–Trinajstić information content (AvgIpc) is 3.24. The zero-order valence-electron chi connectivity index (χ0n) is 14.5. The maximum atomic E-state index is 13.7. The number of fused-ring (bicyclic) bond motifs is 2. The number of rotatable bonds is 2. The summed E-state index contributed by atoms with van der Waals surface area (Å²) in [7, 11) is 0. The third kappa shape index (κ3) is 2.27. The van der Waals surface area contributed by atoms with Crippen LogP contribution in [0.3, 0.4) is 0 Å². The van der Waals surface area contributed by atoms with Gasteiger partial charge in [-0.2, -0.15) is 0 Å². The molecule has 1 amide bonds. The first kappa shape index (κ1) is 16.4. The summed E-state index contributed by atoms with van der Waals surface area (Å²) in [5, 5.41) is 3.98. The number of halogens is 1. The van der Waals surface area contributed by atoms with Crippen molar-refractivity contribution in [2.45, 2.75) is 13.0 Å². The highest BCUT2D eigenvalue weighted by Crippen LogP contribution is 2.40.